The number of rotatable bonds is 14. The molecule has 3 heterocycles. The van der Waals surface area contributed by atoms with Crippen LogP contribution < -0.4 is 9.80 Å². The molecule has 2 fully saturated rings. The Morgan fingerprint density at radius 3 is 2.40 bits per heavy atom. The predicted molar refractivity (Wildman–Crippen MR) is 176 cm³/mol. The lowest BCUT2D eigenvalue weighted by Crippen LogP contribution is -2.63. The second-order valence-electron chi connectivity index (χ2n) is 12.2. The van der Waals surface area contributed by atoms with Crippen molar-refractivity contribution in [1.29, 1.82) is 0 Å². The number of aromatic nitrogens is 1. The maximum absolute atomic E-state index is 14.6. The van der Waals surface area contributed by atoms with E-state index < -0.39 is 6.43 Å². The summed E-state index contributed by atoms with van der Waals surface area (Å²) in [4.78, 5) is 29.4. The van der Waals surface area contributed by atoms with Gasteiger partial charge < -0.3 is 14.7 Å². The highest BCUT2D eigenvalue weighted by Gasteiger charge is 2.36. The van der Waals surface area contributed by atoms with Crippen LogP contribution in [0.25, 0.3) is 6.08 Å². The Kier molecular flexibility index (Phi) is 12.9. The fourth-order valence-electron chi connectivity index (χ4n) is 6.04. The Labute approximate surface area is 258 Å². The molecule has 43 heavy (non-hydrogen) atoms. The van der Waals surface area contributed by atoms with E-state index in [1.807, 2.05) is 30.2 Å². The van der Waals surface area contributed by atoms with Crippen molar-refractivity contribution in [2.45, 2.75) is 66.9 Å². The van der Waals surface area contributed by atoms with E-state index in [2.05, 4.69) is 65.9 Å². The molecule has 1 aromatic rings. The molecule has 1 amide bonds. The maximum Gasteiger partial charge on any atom is 0.281 e. The summed E-state index contributed by atoms with van der Waals surface area (Å²) in [6.45, 7) is 22.1. The van der Waals surface area contributed by atoms with E-state index in [1.54, 1.807) is 13.1 Å². The Morgan fingerprint density at radius 2 is 1.86 bits per heavy atom. The minimum absolute atomic E-state index is 0.0269. The van der Waals surface area contributed by atoms with Crippen LogP contribution in [0, 0.1) is 11.8 Å². The largest absolute Gasteiger partial charge is 0.368 e. The molecule has 0 aromatic carbocycles. The Hall–Kier alpha value is -3.07. The summed E-state index contributed by atoms with van der Waals surface area (Å²) in [5.41, 5.74) is 3.58. The fraction of sp³-hybridized carbons (Fsp3) is 0.618. The predicted octanol–water partition coefficient (Wildman–Crippen LogP) is 6.49. The summed E-state index contributed by atoms with van der Waals surface area (Å²) in [5.74, 6) is 1.41. The number of halogens is 2. The highest BCUT2D eigenvalue weighted by atomic mass is 19.3. The summed E-state index contributed by atoms with van der Waals surface area (Å²) in [5, 5.41) is 0. The van der Waals surface area contributed by atoms with E-state index in [-0.39, 0.29) is 17.5 Å². The number of carbonyl (C=O) groups excluding carboxylic acids is 1. The number of pyridine rings is 1. The topological polar surface area (TPSA) is 55.3 Å². The lowest BCUT2D eigenvalue weighted by atomic mass is 9.89. The molecule has 0 bridgehead atoms. The van der Waals surface area contributed by atoms with Crippen LogP contribution in [0.5, 0.6) is 0 Å². The molecule has 1 unspecified atom stereocenters. The third-order valence-corrected chi connectivity index (χ3v) is 8.91. The van der Waals surface area contributed by atoms with Crippen molar-refractivity contribution in [3.63, 3.8) is 0 Å². The van der Waals surface area contributed by atoms with Crippen molar-refractivity contribution in [3.05, 3.63) is 47.2 Å². The van der Waals surface area contributed by atoms with E-state index in [0.717, 1.165) is 50.3 Å². The zero-order valence-corrected chi connectivity index (χ0v) is 27.3. The first kappa shape index (κ1) is 34.4. The van der Waals surface area contributed by atoms with E-state index in [4.69, 9.17) is 0 Å². The molecule has 3 rings (SSSR count). The van der Waals surface area contributed by atoms with Crippen molar-refractivity contribution < 1.29 is 13.6 Å². The molecular weight excluding hydrogens is 546 g/mol. The van der Waals surface area contributed by atoms with Gasteiger partial charge in [-0.2, -0.15) is 0 Å². The number of piperazine rings is 1. The van der Waals surface area contributed by atoms with Gasteiger partial charge in [-0.25, -0.2) is 13.8 Å². The Balaban J connectivity index is 1.90. The van der Waals surface area contributed by atoms with Gasteiger partial charge in [-0.15, -0.1) is 0 Å². The van der Waals surface area contributed by atoms with Crippen molar-refractivity contribution in [3.8, 4) is 0 Å². The monoisotopic (exact) mass is 598 g/mol. The zero-order valence-electron chi connectivity index (χ0n) is 27.3. The molecule has 1 aromatic heterocycles. The number of aliphatic imine (C=N–C) groups is 1. The molecule has 9 heteroatoms. The highest BCUT2D eigenvalue weighted by molar-refractivity contribution is 5.87. The number of allylic oxidation sites excluding steroid dienone is 2. The smallest absolute Gasteiger partial charge is 0.281 e. The zero-order chi connectivity index (χ0) is 31.7. The molecular formula is C34H52F2N6O. The molecule has 238 valence electrons. The summed E-state index contributed by atoms with van der Waals surface area (Å²) >= 11 is 0. The van der Waals surface area contributed by atoms with Gasteiger partial charge in [0.25, 0.3) is 6.43 Å². The summed E-state index contributed by atoms with van der Waals surface area (Å²) in [7, 11) is 1.78. The first-order chi connectivity index (χ1) is 20.5. The summed E-state index contributed by atoms with van der Waals surface area (Å²) in [6, 6.07) is 2.34. The first-order valence-corrected chi connectivity index (χ1v) is 15.7. The average molecular weight is 599 g/mol. The van der Waals surface area contributed by atoms with Gasteiger partial charge in [-0.1, -0.05) is 44.6 Å². The van der Waals surface area contributed by atoms with Gasteiger partial charge in [-0.05, 0) is 57.6 Å². The van der Waals surface area contributed by atoms with Gasteiger partial charge in [0.2, 0.25) is 5.91 Å². The van der Waals surface area contributed by atoms with Gasteiger partial charge in [0, 0.05) is 89.0 Å². The van der Waals surface area contributed by atoms with Crippen LogP contribution in [0.1, 0.15) is 72.1 Å². The van der Waals surface area contributed by atoms with E-state index in [0.29, 0.717) is 49.5 Å². The number of carbonyl (C=O) groups is 1. The summed E-state index contributed by atoms with van der Waals surface area (Å²) < 4.78 is 29.1. The van der Waals surface area contributed by atoms with Gasteiger partial charge in [0.05, 0.1) is 0 Å². The van der Waals surface area contributed by atoms with Crippen molar-refractivity contribution in [1.82, 2.24) is 14.8 Å². The lowest BCUT2D eigenvalue weighted by Gasteiger charge is -2.49. The second-order valence-corrected chi connectivity index (χ2v) is 12.2. The number of hydrogen-bond donors (Lipinski definition) is 0. The lowest BCUT2D eigenvalue weighted by molar-refractivity contribution is -0.128. The number of anilines is 2. The average Bonchev–Trinajstić information content (AvgIpc) is 2.96. The van der Waals surface area contributed by atoms with E-state index in [9.17, 15) is 13.6 Å². The van der Waals surface area contributed by atoms with Crippen LogP contribution in [0.3, 0.4) is 0 Å². The molecule has 0 spiro atoms. The number of amides is 1. The summed E-state index contributed by atoms with van der Waals surface area (Å²) in [6.07, 6.45) is 6.27. The first-order valence-electron chi connectivity index (χ1n) is 15.7. The van der Waals surface area contributed by atoms with Gasteiger partial charge >= 0.3 is 0 Å². The normalized spacial score (nSPS) is 18.1. The fourth-order valence-corrected chi connectivity index (χ4v) is 6.04. The molecule has 2 aliphatic rings. The van der Waals surface area contributed by atoms with Crippen LogP contribution in [0.4, 0.5) is 20.3 Å². The minimum Gasteiger partial charge on any atom is -0.368 e. The number of alkyl halides is 2. The molecule has 7 nitrogen and oxygen atoms in total. The second kappa shape index (κ2) is 16.1. The highest BCUT2D eigenvalue weighted by Crippen LogP contribution is 2.37. The van der Waals surface area contributed by atoms with Gasteiger partial charge in [0.15, 0.2) is 0 Å². The van der Waals surface area contributed by atoms with E-state index in [1.165, 1.54) is 11.6 Å². The molecule has 0 aliphatic carbocycles. The van der Waals surface area contributed by atoms with Crippen LogP contribution in [0.15, 0.2) is 40.9 Å². The number of hydrogen-bond acceptors (Lipinski definition) is 6. The van der Waals surface area contributed by atoms with Crippen molar-refractivity contribution in [2.24, 2.45) is 16.8 Å². The van der Waals surface area contributed by atoms with Gasteiger partial charge in [-0.3, -0.25) is 14.7 Å². The van der Waals surface area contributed by atoms with Crippen LogP contribution >= 0.6 is 0 Å². The Bertz CT molecular complexity index is 1180. The Morgan fingerprint density at radius 1 is 1.19 bits per heavy atom. The standard InChI is InChI=1S/C34H52F2N6O/c1-9-12-29-30(42-22-28(23-42)40-15-17-41(18-16-40)32(43)10-2)19-31(38-33(29)34(35)36)39(11-3)21-27(14-13-24(4)5)26(7)25(6)20-37-8/h9-10,12,19-20,24,27-28,34H,2,11,13-18,21-23H2,1,3-8H3/b12-9-,26-25+,37-20?. The molecule has 1 atom stereocenters. The molecule has 2 saturated heterocycles. The van der Waals surface area contributed by atoms with E-state index >= 15 is 0 Å². The molecule has 0 saturated carbocycles. The molecule has 2 aliphatic heterocycles. The van der Waals surface area contributed by atoms with Crippen LogP contribution in [0.2, 0.25) is 0 Å². The van der Waals surface area contributed by atoms with Crippen molar-refractivity contribution >= 4 is 29.7 Å². The minimum atomic E-state index is -2.68. The molecule has 0 radical (unpaired) electrons. The third kappa shape index (κ3) is 8.74. The van der Waals surface area contributed by atoms with Crippen molar-refractivity contribution in [2.75, 3.05) is 69.2 Å². The quantitative estimate of drug-likeness (QED) is 0.181. The third-order valence-electron chi connectivity index (χ3n) is 8.91. The van der Waals surface area contributed by atoms with Crippen LogP contribution in [-0.2, 0) is 4.79 Å². The number of nitrogens with zero attached hydrogens (tertiary/aromatic N) is 6. The van der Waals surface area contributed by atoms with Gasteiger partial charge in [0.1, 0.15) is 11.5 Å². The SMILES string of the molecule is C=CC(=O)N1CCN(C2CN(c3cc(N(CC)CC(CCC(C)C)/C(C)=C(\C)C=NC)nc(C(F)F)c3/C=C\C)C2)CC1. The maximum atomic E-state index is 14.6. The molecule has 0 N–H and O–H groups in total. The van der Waals surface area contributed by atoms with Crippen LogP contribution in [-0.4, -0.2) is 92.4 Å².